The fraction of sp³-hybridized carbons (Fsp3) is 0.333. The zero-order valence-electron chi connectivity index (χ0n) is 3.98. The van der Waals surface area contributed by atoms with Gasteiger partial charge in [0.05, 0.1) is 0 Å². The van der Waals surface area contributed by atoms with E-state index in [4.69, 9.17) is 12.2 Å². The minimum absolute atomic E-state index is 0.155. The van der Waals surface area contributed by atoms with E-state index in [1.54, 1.807) is 0 Å². The van der Waals surface area contributed by atoms with E-state index in [0.717, 1.165) is 0 Å². The molecule has 1 N–H and O–H groups in total. The molecule has 50 valence electrons. The summed E-state index contributed by atoms with van der Waals surface area (Å²) in [7, 11) is 0. The van der Waals surface area contributed by atoms with Gasteiger partial charge in [0.2, 0.25) is 2.57 Å². The fourth-order valence-corrected chi connectivity index (χ4v) is 3.15. The lowest BCUT2D eigenvalue weighted by Crippen LogP contribution is -2.25. The first-order valence-electron chi connectivity index (χ1n) is 1.94. The van der Waals surface area contributed by atoms with Gasteiger partial charge >= 0.3 is 0 Å². The molecule has 9 heavy (non-hydrogen) atoms. The molecule has 0 spiro atoms. The summed E-state index contributed by atoms with van der Waals surface area (Å²) in [4.78, 5) is 10.8. The van der Waals surface area contributed by atoms with E-state index in [1.807, 2.05) is 0 Å². The largest absolute Gasteiger partial charge is 0.309 e. The Balaban J connectivity index is 2.81. The van der Waals surface area contributed by atoms with Gasteiger partial charge in [-0.3, -0.25) is 4.79 Å². The average Bonchev–Trinajstić information content (AvgIpc) is 1.79. The molecule has 1 heterocycles. The molecule has 1 fully saturated rings. The van der Waals surface area contributed by atoms with Crippen molar-refractivity contribution < 1.29 is 4.79 Å². The van der Waals surface area contributed by atoms with E-state index in [1.165, 1.54) is 11.8 Å². The molecular weight excluding hydrogens is 290 g/mol. The number of rotatable bonds is 0. The second-order valence-corrected chi connectivity index (χ2v) is 7.74. The first-order chi connectivity index (χ1) is 4.02. The van der Waals surface area contributed by atoms with Crippen LogP contribution in [-0.4, -0.2) is 12.8 Å². The van der Waals surface area contributed by atoms with Gasteiger partial charge in [0, 0.05) is 0 Å². The van der Waals surface area contributed by atoms with Crippen molar-refractivity contribution in [1.82, 2.24) is 5.32 Å². The highest BCUT2D eigenvalue weighted by molar-refractivity contribution is 9.29. The van der Waals surface area contributed by atoms with Crippen LogP contribution in [0.15, 0.2) is 0 Å². The highest BCUT2D eigenvalue weighted by Gasteiger charge is 2.41. The standard InChI is InChI=1S/C3HBr2NOS2/c4-3(5)1(7)6-2(8)9-3/h(H,6,7,8). The lowest BCUT2D eigenvalue weighted by atomic mass is 10.7. The first kappa shape index (κ1) is 7.97. The number of carbonyl (C=O) groups is 1. The Bertz CT molecular complexity index is 181. The predicted octanol–water partition coefficient (Wildman–Crippen LogP) is 1.58. The highest BCUT2D eigenvalue weighted by Crippen LogP contribution is 2.43. The number of carbonyl (C=O) groups excluding carboxylic acids is 1. The van der Waals surface area contributed by atoms with Crippen molar-refractivity contribution in [2.24, 2.45) is 0 Å². The average molecular weight is 291 g/mol. The second kappa shape index (κ2) is 2.48. The van der Waals surface area contributed by atoms with Crippen LogP contribution in [0.5, 0.6) is 0 Å². The van der Waals surface area contributed by atoms with E-state index in [9.17, 15) is 4.79 Å². The van der Waals surface area contributed by atoms with E-state index >= 15 is 0 Å². The number of halogens is 2. The molecule has 0 aromatic rings. The van der Waals surface area contributed by atoms with Gasteiger partial charge in [-0.05, 0) is 31.9 Å². The molecule has 6 heteroatoms. The van der Waals surface area contributed by atoms with Crippen molar-refractivity contribution in [3.63, 3.8) is 0 Å². The zero-order chi connectivity index (χ0) is 7.07. The van der Waals surface area contributed by atoms with Crippen molar-refractivity contribution in [2.75, 3.05) is 0 Å². The number of amides is 1. The summed E-state index contributed by atoms with van der Waals surface area (Å²) in [6.45, 7) is 0. The van der Waals surface area contributed by atoms with Gasteiger partial charge in [0.15, 0.2) is 0 Å². The Morgan fingerprint density at radius 1 is 1.67 bits per heavy atom. The summed E-state index contributed by atoms with van der Waals surface area (Å²) in [5, 5.41) is 2.47. The third kappa shape index (κ3) is 1.66. The van der Waals surface area contributed by atoms with Crippen molar-refractivity contribution >= 4 is 66.1 Å². The number of nitrogens with one attached hydrogen (secondary N) is 1. The van der Waals surface area contributed by atoms with Gasteiger partial charge in [-0.15, -0.1) is 0 Å². The SMILES string of the molecule is O=C1NC(=S)SC1(Br)Br. The van der Waals surface area contributed by atoms with Gasteiger partial charge < -0.3 is 5.32 Å². The molecule has 1 rings (SSSR count). The second-order valence-electron chi connectivity index (χ2n) is 1.36. The number of hydrogen-bond acceptors (Lipinski definition) is 3. The molecule has 0 unspecified atom stereocenters. The van der Waals surface area contributed by atoms with Crippen LogP contribution in [0.3, 0.4) is 0 Å². The summed E-state index contributed by atoms with van der Waals surface area (Å²) < 4.78 is -0.231. The van der Waals surface area contributed by atoms with Gasteiger partial charge in [0.1, 0.15) is 4.32 Å². The van der Waals surface area contributed by atoms with Crippen LogP contribution in [0.1, 0.15) is 0 Å². The summed E-state index contributed by atoms with van der Waals surface area (Å²) in [6, 6.07) is 0. The normalized spacial score (nSPS) is 24.2. The minimum Gasteiger partial charge on any atom is -0.309 e. The molecule has 0 bridgehead atoms. The number of hydrogen-bond donors (Lipinski definition) is 1. The van der Waals surface area contributed by atoms with Gasteiger partial charge in [-0.2, -0.15) is 0 Å². The maximum Gasteiger partial charge on any atom is 0.263 e. The maximum atomic E-state index is 10.8. The van der Waals surface area contributed by atoms with Gasteiger partial charge in [-0.1, -0.05) is 24.0 Å². The van der Waals surface area contributed by atoms with Gasteiger partial charge in [0.25, 0.3) is 5.91 Å². The lowest BCUT2D eigenvalue weighted by molar-refractivity contribution is -0.117. The topological polar surface area (TPSA) is 29.1 Å². The summed E-state index contributed by atoms with van der Waals surface area (Å²) >= 11 is 12.2. The van der Waals surface area contributed by atoms with E-state index < -0.39 is 2.57 Å². The molecule has 1 aliphatic rings. The summed E-state index contributed by atoms with van der Waals surface area (Å²) in [5.74, 6) is -0.155. The third-order valence-electron chi connectivity index (χ3n) is 0.701. The predicted molar refractivity (Wildman–Crippen MR) is 48.9 cm³/mol. The van der Waals surface area contributed by atoms with Crippen LogP contribution in [0.25, 0.3) is 0 Å². The smallest absolute Gasteiger partial charge is 0.263 e. The molecular formula is C3HBr2NOS2. The molecule has 0 aromatic heterocycles. The van der Waals surface area contributed by atoms with Crippen molar-refractivity contribution in [3.8, 4) is 0 Å². The molecule has 1 saturated heterocycles. The molecule has 0 aliphatic carbocycles. The van der Waals surface area contributed by atoms with Crippen LogP contribution in [-0.2, 0) is 4.79 Å². The van der Waals surface area contributed by atoms with Crippen molar-refractivity contribution in [2.45, 2.75) is 2.57 Å². The molecule has 2 nitrogen and oxygen atoms in total. The zero-order valence-corrected chi connectivity index (χ0v) is 8.79. The Hall–Kier alpha value is 0.870. The van der Waals surface area contributed by atoms with Gasteiger partial charge in [-0.25, -0.2) is 0 Å². The Labute approximate surface area is 78.4 Å². The molecule has 0 atom stereocenters. The molecule has 1 aliphatic heterocycles. The first-order valence-corrected chi connectivity index (χ1v) is 4.76. The fourth-order valence-electron chi connectivity index (χ4n) is 0.354. The quantitative estimate of drug-likeness (QED) is 0.542. The van der Waals surface area contributed by atoms with Crippen LogP contribution in [0, 0.1) is 0 Å². The monoisotopic (exact) mass is 289 g/mol. The number of alkyl halides is 2. The van der Waals surface area contributed by atoms with Crippen molar-refractivity contribution in [3.05, 3.63) is 0 Å². The summed E-state index contributed by atoms with van der Waals surface area (Å²) in [6.07, 6.45) is 0. The Kier molecular flexibility index (Phi) is 2.20. The third-order valence-corrected chi connectivity index (χ3v) is 3.47. The number of thiocarbonyl (C=S) groups is 1. The van der Waals surface area contributed by atoms with Crippen LogP contribution >= 0.6 is 55.8 Å². The van der Waals surface area contributed by atoms with E-state index in [0.29, 0.717) is 4.32 Å². The van der Waals surface area contributed by atoms with Crippen LogP contribution < -0.4 is 5.32 Å². The molecule has 0 saturated carbocycles. The Morgan fingerprint density at radius 3 is 2.33 bits per heavy atom. The highest BCUT2D eigenvalue weighted by atomic mass is 79.9. The minimum atomic E-state index is -0.725. The van der Waals surface area contributed by atoms with E-state index in [2.05, 4.69) is 37.2 Å². The summed E-state index contributed by atoms with van der Waals surface area (Å²) in [5.41, 5.74) is 0. The maximum absolute atomic E-state index is 10.8. The molecule has 0 aromatic carbocycles. The Morgan fingerprint density at radius 2 is 2.22 bits per heavy atom. The number of thioether (sulfide) groups is 1. The van der Waals surface area contributed by atoms with Crippen LogP contribution in [0.2, 0.25) is 0 Å². The van der Waals surface area contributed by atoms with Crippen molar-refractivity contribution in [1.29, 1.82) is 0 Å². The molecule has 0 radical (unpaired) electrons. The van der Waals surface area contributed by atoms with E-state index in [-0.39, 0.29) is 5.91 Å². The van der Waals surface area contributed by atoms with Crippen LogP contribution in [0.4, 0.5) is 0 Å². The molecule has 1 amide bonds. The lowest BCUT2D eigenvalue weighted by Gasteiger charge is -2.03.